The van der Waals surface area contributed by atoms with Gasteiger partial charge in [-0.3, -0.25) is 4.79 Å². The van der Waals surface area contributed by atoms with Gasteiger partial charge < -0.3 is 15.4 Å². The van der Waals surface area contributed by atoms with Crippen molar-refractivity contribution in [1.29, 1.82) is 0 Å². The first kappa shape index (κ1) is 14.4. The van der Waals surface area contributed by atoms with Gasteiger partial charge >= 0.3 is 6.09 Å². The Labute approximate surface area is 118 Å². The van der Waals surface area contributed by atoms with Crippen molar-refractivity contribution < 1.29 is 14.3 Å². The van der Waals surface area contributed by atoms with Crippen LogP contribution in [0.4, 0.5) is 4.79 Å². The number of amides is 2. The summed E-state index contributed by atoms with van der Waals surface area (Å²) in [5.41, 5.74) is 0.911. The van der Waals surface area contributed by atoms with Crippen molar-refractivity contribution in [3.05, 3.63) is 35.9 Å². The summed E-state index contributed by atoms with van der Waals surface area (Å²) in [6.45, 7) is 2.54. The Hall–Kier alpha value is -2.04. The lowest BCUT2D eigenvalue weighted by molar-refractivity contribution is -0.122. The molecule has 2 amide bonds. The zero-order valence-electron chi connectivity index (χ0n) is 11.6. The van der Waals surface area contributed by atoms with Crippen LogP contribution in [0.3, 0.4) is 0 Å². The Morgan fingerprint density at radius 2 is 2.00 bits per heavy atom. The normalized spacial score (nSPS) is 15.2. The highest BCUT2D eigenvalue weighted by atomic mass is 16.5. The molecule has 2 rings (SSSR count). The van der Waals surface area contributed by atoms with Crippen molar-refractivity contribution >= 4 is 12.0 Å². The molecule has 0 radical (unpaired) electrons. The maximum atomic E-state index is 11.7. The predicted octanol–water partition coefficient (Wildman–Crippen LogP) is 1.83. The van der Waals surface area contributed by atoms with E-state index in [1.807, 2.05) is 30.3 Å². The quantitative estimate of drug-likeness (QED) is 0.833. The third-order valence-electron chi connectivity index (χ3n) is 3.20. The van der Waals surface area contributed by atoms with Crippen molar-refractivity contribution in [1.82, 2.24) is 10.6 Å². The second kappa shape index (κ2) is 6.93. The summed E-state index contributed by atoms with van der Waals surface area (Å²) in [7, 11) is 0. The molecule has 0 aliphatic heterocycles. The molecule has 5 heteroatoms. The molecule has 1 aliphatic carbocycles. The fourth-order valence-electron chi connectivity index (χ4n) is 1.73. The van der Waals surface area contributed by atoms with Crippen LogP contribution in [-0.4, -0.2) is 24.6 Å². The molecule has 108 valence electrons. The van der Waals surface area contributed by atoms with Crippen LogP contribution < -0.4 is 10.6 Å². The van der Waals surface area contributed by atoms with Gasteiger partial charge in [-0.1, -0.05) is 30.3 Å². The van der Waals surface area contributed by atoms with E-state index in [1.165, 1.54) is 12.8 Å². The Morgan fingerprint density at radius 1 is 1.30 bits per heavy atom. The average Bonchev–Trinajstić information content (AvgIpc) is 3.28. The molecular formula is C15H20N2O3. The number of rotatable bonds is 6. The highest BCUT2D eigenvalue weighted by Crippen LogP contribution is 2.27. The number of nitrogens with one attached hydrogen (secondary N) is 2. The van der Waals surface area contributed by atoms with Crippen LogP contribution >= 0.6 is 0 Å². The number of benzene rings is 1. The molecular weight excluding hydrogens is 256 g/mol. The zero-order chi connectivity index (χ0) is 14.4. The molecule has 0 spiro atoms. The van der Waals surface area contributed by atoms with Gasteiger partial charge in [-0.25, -0.2) is 4.79 Å². The number of ether oxygens (including phenoxy) is 1. The van der Waals surface area contributed by atoms with Gasteiger partial charge in [0, 0.05) is 6.54 Å². The topological polar surface area (TPSA) is 67.4 Å². The molecule has 0 bridgehead atoms. The highest BCUT2D eigenvalue weighted by molar-refractivity contribution is 5.85. The van der Waals surface area contributed by atoms with Gasteiger partial charge in [0.15, 0.2) is 0 Å². The summed E-state index contributed by atoms with van der Waals surface area (Å²) >= 11 is 0. The van der Waals surface area contributed by atoms with Crippen molar-refractivity contribution in [2.45, 2.75) is 32.4 Å². The Kier molecular flexibility index (Phi) is 4.98. The first-order chi connectivity index (χ1) is 9.65. The van der Waals surface area contributed by atoms with Crippen molar-refractivity contribution in [2.75, 3.05) is 6.54 Å². The van der Waals surface area contributed by atoms with E-state index in [0.29, 0.717) is 12.5 Å². The molecule has 20 heavy (non-hydrogen) atoms. The molecule has 0 unspecified atom stereocenters. The van der Waals surface area contributed by atoms with E-state index in [2.05, 4.69) is 10.6 Å². The molecule has 1 aliphatic rings. The van der Waals surface area contributed by atoms with Crippen LogP contribution in [0.2, 0.25) is 0 Å². The van der Waals surface area contributed by atoms with Crippen molar-refractivity contribution in [2.24, 2.45) is 5.92 Å². The van der Waals surface area contributed by atoms with E-state index < -0.39 is 12.1 Å². The monoisotopic (exact) mass is 276 g/mol. The Morgan fingerprint density at radius 3 is 2.65 bits per heavy atom. The van der Waals surface area contributed by atoms with Crippen molar-refractivity contribution in [3.8, 4) is 0 Å². The van der Waals surface area contributed by atoms with Crippen LogP contribution in [0.1, 0.15) is 25.3 Å². The summed E-state index contributed by atoms with van der Waals surface area (Å²) in [6, 6.07) is 8.82. The Balaban J connectivity index is 1.66. The fourth-order valence-corrected chi connectivity index (χ4v) is 1.73. The first-order valence-electron chi connectivity index (χ1n) is 6.90. The number of hydrogen-bond acceptors (Lipinski definition) is 3. The summed E-state index contributed by atoms with van der Waals surface area (Å²) in [4.78, 5) is 23.3. The lowest BCUT2D eigenvalue weighted by Gasteiger charge is -2.14. The molecule has 0 saturated heterocycles. The van der Waals surface area contributed by atoms with E-state index in [-0.39, 0.29) is 12.5 Å². The van der Waals surface area contributed by atoms with Gasteiger partial charge in [-0.2, -0.15) is 0 Å². The van der Waals surface area contributed by atoms with E-state index in [9.17, 15) is 9.59 Å². The van der Waals surface area contributed by atoms with Crippen LogP contribution in [-0.2, 0) is 16.1 Å². The summed E-state index contributed by atoms with van der Waals surface area (Å²) in [5, 5.41) is 5.34. The third-order valence-corrected chi connectivity index (χ3v) is 3.20. The number of hydrogen-bond donors (Lipinski definition) is 2. The third kappa shape index (κ3) is 4.91. The molecule has 5 nitrogen and oxygen atoms in total. The second-order valence-corrected chi connectivity index (χ2v) is 5.12. The average molecular weight is 276 g/mol. The van der Waals surface area contributed by atoms with Gasteiger partial charge in [0.05, 0.1) is 0 Å². The van der Waals surface area contributed by atoms with Crippen LogP contribution in [0.5, 0.6) is 0 Å². The lowest BCUT2D eigenvalue weighted by Crippen LogP contribution is -2.45. The molecule has 1 atom stereocenters. The van der Waals surface area contributed by atoms with Crippen molar-refractivity contribution in [3.63, 3.8) is 0 Å². The van der Waals surface area contributed by atoms with Gasteiger partial charge in [0.2, 0.25) is 5.91 Å². The standard InChI is InChI=1S/C15H20N2O3/c1-11(14(18)16-9-12-7-8-12)17-15(19)20-10-13-5-3-2-4-6-13/h2-6,11-12H,7-10H2,1H3,(H,16,18)(H,17,19)/t11-/m0/s1. The molecule has 1 aromatic carbocycles. The van der Waals surface area contributed by atoms with E-state index in [0.717, 1.165) is 5.56 Å². The number of carbonyl (C=O) groups excluding carboxylic acids is 2. The molecule has 0 heterocycles. The van der Waals surface area contributed by atoms with Gasteiger partial charge in [-0.15, -0.1) is 0 Å². The van der Waals surface area contributed by atoms with E-state index in [1.54, 1.807) is 6.92 Å². The molecule has 0 aromatic heterocycles. The minimum atomic E-state index is -0.586. The highest BCUT2D eigenvalue weighted by Gasteiger charge is 2.23. The predicted molar refractivity (Wildman–Crippen MR) is 75.0 cm³/mol. The van der Waals surface area contributed by atoms with E-state index >= 15 is 0 Å². The van der Waals surface area contributed by atoms with Crippen LogP contribution in [0.25, 0.3) is 0 Å². The second-order valence-electron chi connectivity index (χ2n) is 5.12. The maximum Gasteiger partial charge on any atom is 0.408 e. The summed E-state index contributed by atoms with van der Waals surface area (Å²) in [6.07, 6.45) is 1.78. The molecule has 2 N–H and O–H groups in total. The maximum absolute atomic E-state index is 11.7. The molecule has 1 saturated carbocycles. The van der Waals surface area contributed by atoms with Gasteiger partial charge in [-0.05, 0) is 31.2 Å². The van der Waals surface area contributed by atoms with Gasteiger partial charge in [0.25, 0.3) is 0 Å². The minimum Gasteiger partial charge on any atom is -0.445 e. The number of carbonyl (C=O) groups is 2. The SMILES string of the molecule is C[C@H](NC(=O)OCc1ccccc1)C(=O)NCC1CC1. The smallest absolute Gasteiger partial charge is 0.408 e. The first-order valence-corrected chi connectivity index (χ1v) is 6.90. The van der Waals surface area contributed by atoms with Crippen LogP contribution in [0.15, 0.2) is 30.3 Å². The molecule has 1 aromatic rings. The van der Waals surface area contributed by atoms with Gasteiger partial charge in [0.1, 0.15) is 12.6 Å². The minimum absolute atomic E-state index is 0.173. The Bertz CT molecular complexity index is 457. The molecule has 1 fully saturated rings. The summed E-state index contributed by atoms with van der Waals surface area (Å²) < 4.78 is 5.06. The summed E-state index contributed by atoms with van der Waals surface area (Å²) in [5.74, 6) is 0.449. The fraction of sp³-hybridized carbons (Fsp3) is 0.467. The van der Waals surface area contributed by atoms with Crippen LogP contribution in [0, 0.1) is 5.92 Å². The number of alkyl carbamates (subject to hydrolysis) is 1. The van der Waals surface area contributed by atoms with E-state index in [4.69, 9.17) is 4.74 Å². The lowest BCUT2D eigenvalue weighted by atomic mass is 10.2. The largest absolute Gasteiger partial charge is 0.445 e. The zero-order valence-corrected chi connectivity index (χ0v) is 11.6.